The van der Waals surface area contributed by atoms with Gasteiger partial charge in [0.05, 0.1) is 12.0 Å². The highest BCUT2D eigenvalue weighted by Crippen LogP contribution is 2.13. The van der Waals surface area contributed by atoms with E-state index in [1.165, 1.54) is 11.8 Å². The molecule has 68 valence electrons. The minimum atomic E-state index is -0.276. The molecule has 1 aromatic rings. The molecule has 5 nitrogen and oxygen atoms in total. The quantitative estimate of drug-likeness (QED) is 0.708. The normalized spacial score (nSPS) is 12.0. The maximum Gasteiger partial charge on any atom is 0.270 e. The number of nitriles is 1. The summed E-state index contributed by atoms with van der Waals surface area (Å²) in [5.41, 5.74) is -0.276. The van der Waals surface area contributed by atoms with Crippen molar-refractivity contribution in [2.45, 2.75) is 12.1 Å². The lowest BCUT2D eigenvalue weighted by Gasteiger charge is -1.99. The fraction of sp³-hybridized carbons (Fsp3) is 0.429. The number of H-pyrrole nitrogens is 1. The lowest BCUT2D eigenvalue weighted by molar-refractivity contribution is 0.806. The Bertz CT molecular complexity index is 369. The van der Waals surface area contributed by atoms with E-state index in [4.69, 9.17) is 5.26 Å². The number of nitrogens with one attached hydrogen (secondary N) is 1. The molecule has 1 N–H and O–H groups in total. The summed E-state index contributed by atoms with van der Waals surface area (Å²) >= 11 is 1.32. The molecule has 0 aliphatic heterocycles. The summed E-state index contributed by atoms with van der Waals surface area (Å²) in [5.74, 6) is 0.543. The molecule has 0 amide bonds. The van der Waals surface area contributed by atoms with Crippen LogP contribution >= 0.6 is 11.8 Å². The summed E-state index contributed by atoms with van der Waals surface area (Å²) < 4.78 is 0. The molecule has 0 bridgehead atoms. The number of nitrogens with zero attached hydrogens (tertiary/aromatic N) is 3. The van der Waals surface area contributed by atoms with Crippen molar-refractivity contribution in [1.29, 1.82) is 5.26 Å². The maximum absolute atomic E-state index is 10.8. The van der Waals surface area contributed by atoms with Gasteiger partial charge < -0.3 is 0 Å². The van der Waals surface area contributed by atoms with Crippen molar-refractivity contribution in [1.82, 2.24) is 15.2 Å². The third kappa shape index (κ3) is 3.25. The van der Waals surface area contributed by atoms with Gasteiger partial charge in [0.25, 0.3) is 5.56 Å². The molecule has 0 aromatic carbocycles. The Morgan fingerprint density at radius 1 is 1.85 bits per heavy atom. The molecule has 0 spiro atoms. The molecule has 0 saturated carbocycles. The van der Waals surface area contributed by atoms with Crippen LogP contribution in [-0.4, -0.2) is 20.9 Å². The van der Waals surface area contributed by atoms with E-state index in [1.807, 2.05) is 6.92 Å². The highest BCUT2D eigenvalue weighted by Gasteiger charge is 2.02. The first kappa shape index (κ1) is 9.74. The Labute approximate surface area is 79.2 Å². The van der Waals surface area contributed by atoms with E-state index >= 15 is 0 Å². The molecule has 0 aliphatic carbocycles. The van der Waals surface area contributed by atoms with E-state index in [-0.39, 0.29) is 11.5 Å². The van der Waals surface area contributed by atoms with Crippen molar-refractivity contribution in [3.05, 3.63) is 16.6 Å². The first-order valence-corrected chi connectivity index (χ1v) is 4.65. The van der Waals surface area contributed by atoms with Crippen LogP contribution in [0.1, 0.15) is 6.92 Å². The summed E-state index contributed by atoms with van der Waals surface area (Å²) in [7, 11) is 0. The highest BCUT2D eigenvalue weighted by atomic mass is 32.2. The van der Waals surface area contributed by atoms with Gasteiger partial charge in [-0.25, -0.2) is 0 Å². The van der Waals surface area contributed by atoms with Gasteiger partial charge in [-0.05, 0) is 6.92 Å². The van der Waals surface area contributed by atoms with Gasteiger partial charge in [-0.3, -0.25) is 9.78 Å². The SMILES string of the molecule is CC(C#N)CSc1nncc(=O)[nH]1. The second-order valence-corrected chi connectivity index (χ2v) is 3.49. The van der Waals surface area contributed by atoms with Crippen LogP contribution in [0.4, 0.5) is 0 Å². The fourth-order valence-corrected chi connectivity index (χ4v) is 1.36. The van der Waals surface area contributed by atoms with Crippen LogP contribution in [0.5, 0.6) is 0 Å². The summed E-state index contributed by atoms with van der Waals surface area (Å²) in [6.07, 6.45) is 1.11. The first-order chi connectivity index (χ1) is 6.22. The Hall–Kier alpha value is -1.35. The Morgan fingerprint density at radius 3 is 3.23 bits per heavy atom. The van der Waals surface area contributed by atoms with Crippen LogP contribution < -0.4 is 5.56 Å². The van der Waals surface area contributed by atoms with E-state index in [9.17, 15) is 4.79 Å². The average molecular weight is 196 g/mol. The maximum atomic E-state index is 10.8. The van der Waals surface area contributed by atoms with Crippen LogP contribution in [0.3, 0.4) is 0 Å². The molecule has 1 aromatic heterocycles. The molecular formula is C7H8N4OS. The van der Waals surface area contributed by atoms with E-state index in [1.54, 1.807) is 0 Å². The molecule has 1 atom stereocenters. The third-order valence-corrected chi connectivity index (χ3v) is 2.37. The van der Waals surface area contributed by atoms with Crippen molar-refractivity contribution >= 4 is 11.8 Å². The standard InChI is InChI=1S/C7H8N4OS/c1-5(2-8)4-13-7-10-6(12)3-9-11-7/h3,5H,4H2,1H3,(H,10,11,12). The van der Waals surface area contributed by atoms with Crippen LogP contribution in [0.15, 0.2) is 16.1 Å². The smallest absolute Gasteiger partial charge is 0.270 e. The van der Waals surface area contributed by atoms with Gasteiger partial charge >= 0.3 is 0 Å². The van der Waals surface area contributed by atoms with Crippen LogP contribution in [-0.2, 0) is 0 Å². The zero-order valence-electron chi connectivity index (χ0n) is 7.02. The third-order valence-electron chi connectivity index (χ3n) is 1.24. The molecular weight excluding hydrogens is 188 g/mol. The van der Waals surface area contributed by atoms with Gasteiger partial charge in [0, 0.05) is 5.75 Å². The molecule has 1 rings (SSSR count). The van der Waals surface area contributed by atoms with Crippen LogP contribution in [0.25, 0.3) is 0 Å². The second kappa shape index (κ2) is 4.62. The van der Waals surface area contributed by atoms with Crippen LogP contribution in [0.2, 0.25) is 0 Å². The highest BCUT2D eigenvalue weighted by molar-refractivity contribution is 7.99. The number of hydrogen-bond donors (Lipinski definition) is 1. The number of thioether (sulfide) groups is 1. The Kier molecular flexibility index (Phi) is 3.46. The molecule has 0 fully saturated rings. The van der Waals surface area contributed by atoms with Gasteiger partial charge in [0.1, 0.15) is 6.20 Å². The summed E-state index contributed by atoms with van der Waals surface area (Å²) in [5, 5.41) is 16.1. The number of aromatic amines is 1. The molecule has 6 heteroatoms. The summed E-state index contributed by atoms with van der Waals surface area (Å²) in [4.78, 5) is 13.3. The molecule has 0 saturated heterocycles. The van der Waals surface area contributed by atoms with Crippen molar-refractivity contribution in [3.63, 3.8) is 0 Å². The molecule has 13 heavy (non-hydrogen) atoms. The molecule has 0 radical (unpaired) electrons. The fourth-order valence-electron chi connectivity index (χ4n) is 0.603. The van der Waals surface area contributed by atoms with Crippen molar-refractivity contribution in [2.75, 3.05) is 5.75 Å². The van der Waals surface area contributed by atoms with E-state index < -0.39 is 0 Å². The van der Waals surface area contributed by atoms with E-state index in [0.29, 0.717) is 10.9 Å². The zero-order valence-corrected chi connectivity index (χ0v) is 7.84. The van der Waals surface area contributed by atoms with Crippen molar-refractivity contribution in [2.24, 2.45) is 5.92 Å². The minimum absolute atomic E-state index is 0.0597. The first-order valence-electron chi connectivity index (χ1n) is 3.67. The lowest BCUT2D eigenvalue weighted by atomic mass is 10.3. The van der Waals surface area contributed by atoms with Crippen molar-refractivity contribution < 1.29 is 0 Å². The lowest BCUT2D eigenvalue weighted by Crippen LogP contribution is -2.08. The Balaban J connectivity index is 2.56. The largest absolute Gasteiger partial charge is 0.299 e. The number of hydrogen-bond acceptors (Lipinski definition) is 5. The van der Waals surface area contributed by atoms with Gasteiger partial charge in [0.15, 0.2) is 5.16 Å². The van der Waals surface area contributed by atoms with Gasteiger partial charge in [-0.1, -0.05) is 11.8 Å². The molecule has 1 unspecified atom stereocenters. The van der Waals surface area contributed by atoms with E-state index in [0.717, 1.165) is 6.20 Å². The topological polar surface area (TPSA) is 82.4 Å². The monoisotopic (exact) mass is 196 g/mol. The summed E-state index contributed by atoms with van der Waals surface area (Å²) in [6.45, 7) is 1.81. The average Bonchev–Trinajstić information content (AvgIpc) is 2.14. The molecule has 0 aliphatic rings. The van der Waals surface area contributed by atoms with Gasteiger partial charge in [-0.15, -0.1) is 5.10 Å². The van der Waals surface area contributed by atoms with Crippen molar-refractivity contribution in [3.8, 4) is 6.07 Å². The predicted octanol–water partition coefficient (Wildman–Crippen LogP) is 0.417. The molecule has 1 heterocycles. The van der Waals surface area contributed by atoms with E-state index in [2.05, 4.69) is 21.3 Å². The minimum Gasteiger partial charge on any atom is -0.299 e. The number of aromatic nitrogens is 3. The van der Waals surface area contributed by atoms with Crippen LogP contribution in [0, 0.1) is 17.2 Å². The summed E-state index contributed by atoms with van der Waals surface area (Å²) in [6, 6.07) is 2.09. The zero-order chi connectivity index (χ0) is 9.68. The predicted molar refractivity (Wildman–Crippen MR) is 48.2 cm³/mol. The number of rotatable bonds is 3. The second-order valence-electron chi connectivity index (χ2n) is 2.48. The van der Waals surface area contributed by atoms with Gasteiger partial charge in [-0.2, -0.15) is 10.4 Å². The van der Waals surface area contributed by atoms with Gasteiger partial charge in [0.2, 0.25) is 0 Å². The Morgan fingerprint density at radius 2 is 2.62 bits per heavy atom.